The smallest absolute Gasteiger partial charge is 0.313 e. The molecule has 2 aromatic rings. The van der Waals surface area contributed by atoms with Crippen LogP contribution in [-0.4, -0.2) is 15.7 Å². The number of aromatic nitrogens is 1. The first-order valence-electron chi connectivity index (χ1n) is 4.60. The van der Waals surface area contributed by atoms with E-state index in [1.807, 2.05) is 0 Å². The largest absolute Gasteiger partial charge is 0.433 e. The molecule has 6 heteroatoms. The summed E-state index contributed by atoms with van der Waals surface area (Å²) >= 11 is 0. The van der Waals surface area contributed by atoms with Gasteiger partial charge in [-0.15, -0.1) is 0 Å². The highest BCUT2D eigenvalue weighted by atomic mass is 16.6. The predicted molar refractivity (Wildman–Crippen MR) is 55.0 cm³/mol. The number of non-ortho nitro benzene ring substituents is 1. The molecule has 0 aliphatic carbocycles. The first kappa shape index (κ1) is 10.3. The fourth-order valence-corrected chi connectivity index (χ4v) is 1.41. The van der Waals surface area contributed by atoms with E-state index in [2.05, 4.69) is 4.98 Å². The molecule has 0 saturated heterocycles. The Balaban J connectivity index is 2.56. The number of ketones is 1. The van der Waals surface area contributed by atoms with Crippen molar-refractivity contribution < 1.29 is 14.1 Å². The molecule has 82 valence electrons. The highest BCUT2D eigenvalue weighted by Gasteiger charge is 2.17. The van der Waals surface area contributed by atoms with Gasteiger partial charge in [0.05, 0.1) is 11.3 Å². The van der Waals surface area contributed by atoms with Crippen LogP contribution in [0.15, 0.2) is 22.6 Å². The molecule has 1 aromatic heterocycles. The number of fused-ring (bicyclic) bond motifs is 1. The topological polar surface area (TPSA) is 86.2 Å². The van der Waals surface area contributed by atoms with Crippen molar-refractivity contribution in [1.29, 1.82) is 0 Å². The van der Waals surface area contributed by atoms with E-state index >= 15 is 0 Å². The van der Waals surface area contributed by atoms with Gasteiger partial charge in [0.25, 0.3) is 0 Å². The number of carbonyl (C=O) groups excluding carboxylic acids is 1. The fourth-order valence-electron chi connectivity index (χ4n) is 1.41. The third kappa shape index (κ3) is 1.77. The van der Waals surface area contributed by atoms with Crippen LogP contribution in [0.25, 0.3) is 11.1 Å². The van der Waals surface area contributed by atoms with Gasteiger partial charge in [-0.25, -0.2) is 4.98 Å². The number of hydrogen-bond donors (Lipinski definition) is 0. The molecule has 0 spiro atoms. The van der Waals surface area contributed by atoms with E-state index in [4.69, 9.17) is 4.42 Å². The molecule has 0 aliphatic heterocycles. The van der Waals surface area contributed by atoms with Crippen LogP contribution in [0, 0.1) is 10.1 Å². The van der Waals surface area contributed by atoms with Crippen molar-refractivity contribution in [2.75, 3.05) is 0 Å². The summed E-state index contributed by atoms with van der Waals surface area (Å²) in [6, 6.07) is 4.47. The minimum absolute atomic E-state index is 0.0475. The number of nitro benzene ring substituents is 1. The number of para-hydroxylation sites is 1. The van der Waals surface area contributed by atoms with Crippen LogP contribution in [0.4, 0.5) is 5.69 Å². The summed E-state index contributed by atoms with van der Waals surface area (Å²) < 4.78 is 5.20. The number of nitro groups is 1. The van der Waals surface area contributed by atoms with Crippen LogP contribution in [0.3, 0.4) is 0 Å². The van der Waals surface area contributed by atoms with Crippen molar-refractivity contribution in [3.05, 3.63) is 34.2 Å². The molecule has 0 fully saturated rings. The van der Waals surface area contributed by atoms with Crippen LogP contribution < -0.4 is 0 Å². The van der Waals surface area contributed by atoms with Gasteiger partial charge >= 0.3 is 5.69 Å². The first-order chi connectivity index (χ1) is 7.58. The molecule has 0 aliphatic rings. The third-order valence-electron chi connectivity index (χ3n) is 2.04. The van der Waals surface area contributed by atoms with Crippen LogP contribution in [0.5, 0.6) is 0 Å². The van der Waals surface area contributed by atoms with Crippen molar-refractivity contribution in [3.8, 4) is 0 Å². The average molecular weight is 220 g/mol. The average Bonchev–Trinajstić information content (AvgIpc) is 2.57. The lowest BCUT2D eigenvalue weighted by molar-refractivity contribution is -0.383. The second-order valence-electron chi connectivity index (χ2n) is 3.37. The number of hydrogen-bond acceptors (Lipinski definition) is 5. The van der Waals surface area contributed by atoms with Crippen LogP contribution in [0.1, 0.15) is 12.8 Å². The van der Waals surface area contributed by atoms with E-state index in [0.29, 0.717) is 5.52 Å². The van der Waals surface area contributed by atoms with Crippen molar-refractivity contribution in [3.63, 3.8) is 0 Å². The molecule has 0 N–H and O–H groups in total. The SMILES string of the molecule is CC(=O)Cc1nc2cccc([N+](=O)[O-])c2o1. The molecule has 2 rings (SSSR count). The Morgan fingerprint density at radius 2 is 2.31 bits per heavy atom. The summed E-state index contributed by atoms with van der Waals surface area (Å²) in [6.07, 6.45) is 0.0475. The lowest BCUT2D eigenvalue weighted by atomic mass is 10.3. The van der Waals surface area contributed by atoms with Gasteiger partial charge in [-0.05, 0) is 13.0 Å². The normalized spacial score (nSPS) is 10.6. The summed E-state index contributed by atoms with van der Waals surface area (Å²) in [5.74, 6) is 0.103. The minimum atomic E-state index is -0.537. The summed E-state index contributed by atoms with van der Waals surface area (Å²) in [4.78, 5) is 25.0. The highest BCUT2D eigenvalue weighted by Crippen LogP contribution is 2.26. The van der Waals surface area contributed by atoms with E-state index in [-0.39, 0.29) is 29.4 Å². The molecule has 0 bridgehead atoms. The predicted octanol–water partition coefficient (Wildman–Crippen LogP) is 1.87. The summed E-state index contributed by atoms with van der Waals surface area (Å²) in [7, 11) is 0. The fraction of sp³-hybridized carbons (Fsp3) is 0.200. The van der Waals surface area contributed by atoms with Gasteiger partial charge in [0.1, 0.15) is 11.3 Å². The minimum Gasteiger partial charge on any atom is -0.433 e. The molecule has 0 saturated carbocycles. The number of oxazole rings is 1. The standard InChI is InChI=1S/C10H8N2O4/c1-6(13)5-9-11-7-3-2-4-8(12(14)15)10(7)16-9/h2-4H,5H2,1H3. The second-order valence-corrected chi connectivity index (χ2v) is 3.37. The Bertz CT molecular complexity index is 573. The maximum absolute atomic E-state index is 10.9. The zero-order chi connectivity index (χ0) is 11.7. The molecule has 0 atom stereocenters. The third-order valence-corrected chi connectivity index (χ3v) is 2.04. The molecule has 6 nitrogen and oxygen atoms in total. The van der Waals surface area contributed by atoms with E-state index < -0.39 is 4.92 Å². The Morgan fingerprint density at radius 1 is 1.56 bits per heavy atom. The van der Waals surface area contributed by atoms with E-state index in [1.54, 1.807) is 6.07 Å². The number of benzene rings is 1. The maximum Gasteiger partial charge on any atom is 0.313 e. The molecule has 1 heterocycles. The van der Waals surface area contributed by atoms with Crippen molar-refractivity contribution in [2.45, 2.75) is 13.3 Å². The van der Waals surface area contributed by atoms with Crippen LogP contribution in [0.2, 0.25) is 0 Å². The quantitative estimate of drug-likeness (QED) is 0.582. The Hall–Kier alpha value is -2.24. The Labute approximate surface area is 90.0 Å². The number of nitrogens with zero attached hydrogens (tertiary/aromatic N) is 2. The Morgan fingerprint density at radius 3 is 2.94 bits per heavy atom. The van der Waals surface area contributed by atoms with Crippen LogP contribution in [-0.2, 0) is 11.2 Å². The number of carbonyl (C=O) groups is 1. The van der Waals surface area contributed by atoms with Gasteiger partial charge in [0, 0.05) is 6.07 Å². The van der Waals surface area contributed by atoms with Gasteiger partial charge in [-0.2, -0.15) is 0 Å². The second kappa shape index (κ2) is 3.73. The molecular formula is C10H8N2O4. The zero-order valence-electron chi connectivity index (χ0n) is 8.47. The first-order valence-corrected chi connectivity index (χ1v) is 4.60. The Kier molecular flexibility index (Phi) is 2.40. The molecule has 0 unspecified atom stereocenters. The van der Waals surface area contributed by atoms with Crippen molar-refractivity contribution >= 4 is 22.6 Å². The monoisotopic (exact) mass is 220 g/mol. The summed E-state index contributed by atoms with van der Waals surface area (Å²) in [5.41, 5.74) is 0.369. The lowest BCUT2D eigenvalue weighted by Crippen LogP contribution is -1.95. The van der Waals surface area contributed by atoms with E-state index in [0.717, 1.165) is 0 Å². The maximum atomic E-state index is 10.9. The van der Waals surface area contributed by atoms with Crippen molar-refractivity contribution in [2.24, 2.45) is 0 Å². The molecule has 16 heavy (non-hydrogen) atoms. The van der Waals surface area contributed by atoms with E-state index in [1.165, 1.54) is 19.1 Å². The summed E-state index contributed by atoms with van der Waals surface area (Å²) in [5, 5.41) is 10.7. The molecule has 0 amide bonds. The van der Waals surface area contributed by atoms with E-state index in [9.17, 15) is 14.9 Å². The molecular weight excluding hydrogens is 212 g/mol. The van der Waals surface area contributed by atoms with Gasteiger partial charge in [0.2, 0.25) is 11.5 Å². The van der Waals surface area contributed by atoms with Gasteiger partial charge in [0.15, 0.2) is 0 Å². The van der Waals surface area contributed by atoms with Gasteiger partial charge in [-0.3, -0.25) is 14.9 Å². The van der Waals surface area contributed by atoms with Gasteiger partial charge < -0.3 is 4.42 Å². The number of rotatable bonds is 3. The zero-order valence-corrected chi connectivity index (χ0v) is 8.47. The molecule has 1 aromatic carbocycles. The lowest BCUT2D eigenvalue weighted by Gasteiger charge is -1.89. The number of Topliss-reactive ketones (excluding diaryl/α,β-unsaturated/α-hetero) is 1. The van der Waals surface area contributed by atoms with Crippen molar-refractivity contribution in [1.82, 2.24) is 4.98 Å². The van der Waals surface area contributed by atoms with Crippen LogP contribution >= 0.6 is 0 Å². The molecule has 0 radical (unpaired) electrons. The van der Waals surface area contributed by atoms with Gasteiger partial charge in [-0.1, -0.05) is 6.07 Å². The highest BCUT2D eigenvalue weighted by molar-refractivity contribution is 5.83. The summed E-state index contributed by atoms with van der Waals surface area (Å²) in [6.45, 7) is 1.41.